The molecular formula is C20H16ClN3O3. The van der Waals surface area contributed by atoms with E-state index in [-0.39, 0.29) is 12.1 Å². The average Bonchev–Trinajstić information content (AvgIpc) is 2.69. The Morgan fingerprint density at radius 2 is 1.78 bits per heavy atom. The Morgan fingerprint density at radius 3 is 2.44 bits per heavy atom. The fourth-order valence-corrected chi connectivity index (χ4v) is 2.70. The minimum absolute atomic E-state index is 0.144. The lowest BCUT2D eigenvalue weighted by Crippen LogP contribution is -2.41. The second-order valence-corrected chi connectivity index (χ2v) is 6.20. The molecule has 0 aliphatic carbocycles. The zero-order valence-corrected chi connectivity index (χ0v) is 15.0. The molecule has 1 aromatic carbocycles. The number of benzene rings is 1. The predicted octanol–water partition coefficient (Wildman–Crippen LogP) is 2.64. The van der Waals surface area contributed by atoms with E-state index in [2.05, 4.69) is 10.3 Å². The molecule has 3 rings (SSSR count). The van der Waals surface area contributed by atoms with Crippen molar-refractivity contribution in [1.29, 1.82) is 0 Å². The van der Waals surface area contributed by atoms with Crippen LogP contribution in [-0.4, -0.2) is 21.2 Å². The number of nitrogens with one attached hydrogen (secondary N) is 1. The first-order valence-electron chi connectivity index (χ1n) is 8.21. The third-order valence-corrected chi connectivity index (χ3v) is 4.18. The molecule has 0 fully saturated rings. The predicted molar refractivity (Wildman–Crippen MR) is 102 cm³/mol. The number of amides is 1. The summed E-state index contributed by atoms with van der Waals surface area (Å²) in [5.41, 5.74) is 0.481. The molecule has 2 heterocycles. The molecule has 0 aliphatic heterocycles. The molecule has 2 aromatic heterocycles. The van der Waals surface area contributed by atoms with Gasteiger partial charge in [0, 0.05) is 29.0 Å². The van der Waals surface area contributed by atoms with Gasteiger partial charge in [0.15, 0.2) is 11.8 Å². The normalized spacial score (nSPS) is 11.6. The van der Waals surface area contributed by atoms with Crippen molar-refractivity contribution in [2.75, 3.05) is 0 Å². The van der Waals surface area contributed by atoms with Crippen molar-refractivity contribution in [3.63, 3.8) is 0 Å². The van der Waals surface area contributed by atoms with Gasteiger partial charge in [-0.05, 0) is 42.5 Å². The highest BCUT2D eigenvalue weighted by Crippen LogP contribution is 2.17. The van der Waals surface area contributed by atoms with Crippen molar-refractivity contribution >= 4 is 23.3 Å². The number of pyridine rings is 2. The van der Waals surface area contributed by atoms with Crippen molar-refractivity contribution in [2.24, 2.45) is 0 Å². The van der Waals surface area contributed by atoms with Crippen molar-refractivity contribution in [3.05, 3.63) is 99.7 Å². The number of aromatic nitrogens is 2. The van der Waals surface area contributed by atoms with Crippen LogP contribution in [0.1, 0.15) is 22.1 Å². The number of hydrogen-bond acceptors (Lipinski definition) is 4. The van der Waals surface area contributed by atoms with E-state index in [1.165, 1.54) is 24.4 Å². The molecule has 6 nitrogen and oxygen atoms in total. The fourth-order valence-electron chi connectivity index (χ4n) is 2.57. The Bertz CT molecular complexity index is 1000. The zero-order chi connectivity index (χ0) is 19.2. The summed E-state index contributed by atoms with van der Waals surface area (Å²) in [5.74, 6) is -1.09. The van der Waals surface area contributed by atoms with E-state index in [4.69, 9.17) is 11.6 Å². The number of ketones is 1. The number of Topliss-reactive ketones (excluding diaryl/α,β-unsaturated/α-hetero) is 1. The first-order valence-corrected chi connectivity index (χ1v) is 8.58. The van der Waals surface area contributed by atoms with Gasteiger partial charge in [0.1, 0.15) is 0 Å². The van der Waals surface area contributed by atoms with Gasteiger partial charge in [-0.3, -0.25) is 23.9 Å². The molecule has 1 N–H and O–H groups in total. The second kappa shape index (κ2) is 8.42. The molecule has 0 bridgehead atoms. The molecule has 3 aromatic rings. The van der Waals surface area contributed by atoms with Crippen LogP contribution in [0, 0.1) is 0 Å². The molecule has 7 heteroatoms. The minimum Gasteiger partial charge on any atom is -0.348 e. The first kappa shape index (κ1) is 18.5. The van der Waals surface area contributed by atoms with Gasteiger partial charge >= 0.3 is 0 Å². The van der Waals surface area contributed by atoms with Crippen LogP contribution in [0.5, 0.6) is 0 Å². The van der Waals surface area contributed by atoms with Crippen molar-refractivity contribution in [1.82, 2.24) is 14.9 Å². The first-order chi connectivity index (χ1) is 13.1. The van der Waals surface area contributed by atoms with E-state index in [1.807, 2.05) is 0 Å². The summed E-state index contributed by atoms with van der Waals surface area (Å²) in [6.07, 6.45) is 3.03. The second-order valence-electron chi connectivity index (χ2n) is 5.76. The Balaban J connectivity index is 1.91. The lowest BCUT2D eigenvalue weighted by atomic mass is 10.0. The molecule has 0 aliphatic rings. The Hall–Kier alpha value is -3.25. The number of nitrogens with zero attached hydrogens (tertiary/aromatic N) is 2. The molecule has 0 spiro atoms. The Kier molecular flexibility index (Phi) is 5.78. The van der Waals surface area contributed by atoms with Crippen LogP contribution < -0.4 is 10.9 Å². The van der Waals surface area contributed by atoms with E-state index in [0.717, 1.165) is 4.57 Å². The Labute approximate surface area is 160 Å². The average molecular weight is 382 g/mol. The number of halogens is 1. The lowest BCUT2D eigenvalue weighted by molar-refractivity contribution is -0.123. The van der Waals surface area contributed by atoms with E-state index in [9.17, 15) is 14.4 Å². The molecule has 0 saturated heterocycles. The third-order valence-electron chi connectivity index (χ3n) is 3.92. The van der Waals surface area contributed by atoms with Gasteiger partial charge in [0.05, 0.1) is 12.2 Å². The summed E-state index contributed by atoms with van der Waals surface area (Å²) in [4.78, 5) is 42.1. The maximum Gasteiger partial charge on any atom is 0.251 e. The third kappa shape index (κ3) is 4.48. The molecule has 1 atom stereocenters. The highest BCUT2D eigenvalue weighted by molar-refractivity contribution is 6.30. The van der Waals surface area contributed by atoms with Crippen molar-refractivity contribution in [2.45, 2.75) is 12.6 Å². The van der Waals surface area contributed by atoms with Crippen molar-refractivity contribution < 1.29 is 9.59 Å². The number of rotatable bonds is 6. The SMILES string of the molecule is O=C(NCc1ccccn1)[C@H](C(=O)c1ccc(Cl)cc1)n1ccccc1=O. The van der Waals surface area contributed by atoms with Crippen molar-refractivity contribution in [3.8, 4) is 0 Å². The summed E-state index contributed by atoms with van der Waals surface area (Å²) in [5, 5.41) is 3.15. The highest BCUT2D eigenvalue weighted by Gasteiger charge is 2.30. The van der Waals surface area contributed by atoms with E-state index in [1.54, 1.807) is 48.7 Å². The van der Waals surface area contributed by atoms with Crippen LogP contribution >= 0.6 is 11.6 Å². The van der Waals surface area contributed by atoms with Gasteiger partial charge in [-0.25, -0.2) is 0 Å². The largest absolute Gasteiger partial charge is 0.348 e. The highest BCUT2D eigenvalue weighted by atomic mass is 35.5. The van der Waals surface area contributed by atoms with Gasteiger partial charge < -0.3 is 5.32 Å². The molecule has 27 heavy (non-hydrogen) atoms. The molecule has 0 saturated carbocycles. The van der Waals surface area contributed by atoms with Crippen LogP contribution in [0.4, 0.5) is 0 Å². The number of carbonyl (C=O) groups excluding carboxylic acids is 2. The topological polar surface area (TPSA) is 81.1 Å². The number of carbonyl (C=O) groups is 2. The summed E-state index contributed by atoms with van der Waals surface area (Å²) in [7, 11) is 0. The van der Waals surface area contributed by atoms with Gasteiger partial charge in [-0.2, -0.15) is 0 Å². The van der Waals surface area contributed by atoms with E-state index < -0.39 is 23.3 Å². The van der Waals surface area contributed by atoms with Gasteiger partial charge in [-0.15, -0.1) is 0 Å². The molecule has 0 radical (unpaired) electrons. The standard InChI is InChI=1S/C20H16ClN3O3/c21-15-9-7-14(8-10-15)19(26)18(24-12-4-2-6-17(24)25)20(27)23-13-16-5-1-3-11-22-16/h1-12,18H,13H2,(H,23,27)/t18-/m0/s1. The minimum atomic E-state index is -1.33. The summed E-state index contributed by atoms with van der Waals surface area (Å²) >= 11 is 5.87. The number of hydrogen-bond donors (Lipinski definition) is 1. The maximum absolute atomic E-state index is 13.0. The van der Waals surface area contributed by atoms with Crippen LogP contribution in [0.15, 0.2) is 77.9 Å². The van der Waals surface area contributed by atoms with E-state index >= 15 is 0 Å². The lowest BCUT2D eigenvalue weighted by Gasteiger charge is -2.18. The molecule has 1 amide bonds. The van der Waals surface area contributed by atoms with Gasteiger partial charge in [-0.1, -0.05) is 23.7 Å². The van der Waals surface area contributed by atoms with Crippen LogP contribution in [0.3, 0.4) is 0 Å². The monoisotopic (exact) mass is 381 g/mol. The summed E-state index contributed by atoms with van der Waals surface area (Å²) in [6.45, 7) is 0.144. The fraction of sp³-hybridized carbons (Fsp3) is 0.100. The zero-order valence-electron chi connectivity index (χ0n) is 14.2. The molecular weight excluding hydrogens is 366 g/mol. The smallest absolute Gasteiger partial charge is 0.251 e. The van der Waals surface area contributed by atoms with Crippen LogP contribution in [0.25, 0.3) is 0 Å². The maximum atomic E-state index is 13.0. The summed E-state index contributed by atoms with van der Waals surface area (Å²) < 4.78 is 1.12. The van der Waals surface area contributed by atoms with Crippen LogP contribution in [-0.2, 0) is 11.3 Å². The van der Waals surface area contributed by atoms with E-state index in [0.29, 0.717) is 10.7 Å². The summed E-state index contributed by atoms with van der Waals surface area (Å²) in [6, 6.07) is 14.6. The van der Waals surface area contributed by atoms with Crippen LogP contribution in [0.2, 0.25) is 5.02 Å². The van der Waals surface area contributed by atoms with Gasteiger partial charge in [0.25, 0.3) is 11.5 Å². The molecule has 0 unspecified atom stereocenters. The van der Waals surface area contributed by atoms with Gasteiger partial charge in [0.2, 0.25) is 0 Å². The Morgan fingerprint density at radius 1 is 1.04 bits per heavy atom. The molecule has 136 valence electrons. The quantitative estimate of drug-likeness (QED) is 0.525.